The highest BCUT2D eigenvalue weighted by atomic mass is 16.0. The molecule has 0 amide bonds. The van der Waals surface area contributed by atoms with Crippen LogP contribution in [0.5, 0.6) is 0 Å². The van der Waals surface area contributed by atoms with Crippen molar-refractivity contribution >= 4 is 21.8 Å². The third-order valence-electron chi connectivity index (χ3n) is 4.66. The van der Waals surface area contributed by atoms with Gasteiger partial charge in [0.1, 0.15) is 0 Å². The number of benzene rings is 2. The van der Waals surface area contributed by atoms with Crippen LogP contribution in [0.25, 0.3) is 21.8 Å². The minimum Gasteiger partial charge on any atom is -0.412 e. The van der Waals surface area contributed by atoms with Crippen LogP contribution in [-0.4, -0.2) is 29.6 Å². The summed E-state index contributed by atoms with van der Waals surface area (Å²) in [5.74, 6) is 0. The zero-order valence-electron chi connectivity index (χ0n) is 14.7. The molecule has 0 aliphatic carbocycles. The van der Waals surface area contributed by atoms with Crippen LogP contribution < -0.4 is 0 Å². The summed E-state index contributed by atoms with van der Waals surface area (Å²) in [5, 5.41) is 2.32. The predicted molar refractivity (Wildman–Crippen MR) is 106 cm³/mol. The second kappa shape index (κ2) is 7.01. The maximum Gasteiger partial charge on any atom is 0.0949 e. The van der Waals surface area contributed by atoms with Gasteiger partial charge >= 0.3 is 0 Å². The molecule has 2 aromatic carbocycles. The van der Waals surface area contributed by atoms with Gasteiger partial charge in [0.05, 0.1) is 36.8 Å². The fourth-order valence-electron chi connectivity index (χ4n) is 3.42. The summed E-state index contributed by atoms with van der Waals surface area (Å²) in [5.41, 5.74) is 4.48. The first kappa shape index (κ1) is 16.9. The topological polar surface area (TPSA) is 80.0 Å². The molecule has 0 radical (unpaired) electrons. The van der Waals surface area contributed by atoms with Gasteiger partial charge in [0, 0.05) is 35.6 Å². The number of nitrogens with zero attached hydrogens (tertiary/aromatic N) is 5. The van der Waals surface area contributed by atoms with Crippen LogP contribution in [0.3, 0.4) is 0 Å². The molecule has 2 N–H and O–H groups in total. The lowest BCUT2D eigenvalue weighted by molar-refractivity contribution is 0.798. The normalized spacial score (nSPS) is 11.0. The maximum absolute atomic E-state index is 5.07. The largest absolute Gasteiger partial charge is 0.412 e. The first-order chi connectivity index (χ1) is 12.9. The highest BCUT2D eigenvalue weighted by Gasteiger charge is 2.09. The number of aromatic nitrogens is 5. The first-order valence-electron chi connectivity index (χ1n) is 8.58. The molecule has 134 valence electrons. The highest BCUT2D eigenvalue weighted by Crippen LogP contribution is 2.25. The SMILES string of the molecule is O.c1cc(Cn2ccnc2)c2nc3c(Cn4ccnc4)cccc3cc2c1. The molecule has 3 heterocycles. The average Bonchev–Trinajstić information content (AvgIpc) is 3.35. The van der Waals surface area contributed by atoms with E-state index in [0.29, 0.717) is 0 Å². The van der Waals surface area contributed by atoms with Crippen LogP contribution in [0.1, 0.15) is 11.1 Å². The summed E-state index contributed by atoms with van der Waals surface area (Å²) in [6.07, 6.45) is 11.2. The van der Waals surface area contributed by atoms with E-state index in [-0.39, 0.29) is 5.48 Å². The molecule has 6 nitrogen and oxygen atoms in total. The van der Waals surface area contributed by atoms with Gasteiger partial charge in [-0.2, -0.15) is 0 Å². The Morgan fingerprint density at radius 3 is 1.67 bits per heavy atom. The minimum absolute atomic E-state index is 0. The number of hydrogen-bond acceptors (Lipinski definition) is 3. The Kier molecular flexibility index (Phi) is 4.40. The Balaban J connectivity index is 0.00000180. The second-order valence-electron chi connectivity index (χ2n) is 6.44. The fourth-order valence-corrected chi connectivity index (χ4v) is 3.42. The van der Waals surface area contributed by atoms with Crippen LogP contribution in [0.2, 0.25) is 0 Å². The van der Waals surface area contributed by atoms with Crippen molar-refractivity contribution in [2.45, 2.75) is 13.1 Å². The smallest absolute Gasteiger partial charge is 0.0949 e. The summed E-state index contributed by atoms with van der Waals surface area (Å²) in [6, 6.07) is 14.9. The fraction of sp³-hybridized carbons (Fsp3) is 0.0952. The lowest BCUT2D eigenvalue weighted by Gasteiger charge is -2.11. The van der Waals surface area contributed by atoms with Gasteiger partial charge in [-0.1, -0.05) is 36.4 Å². The lowest BCUT2D eigenvalue weighted by atomic mass is 10.0. The number of fused-ring (bicyclic) bond motifs is 2. The zero-order valence-corrected chi connectivity index (χ0v) is 14.7. The molecular weight excluding hydrogens is 338 g/mol. The van der Waals surface area contributed by atoms with E-state index < -0.39 is 0 Å². The summed E-state index contributed by atoms with van der Waals surface area (Å²) in [4.78, 5) is 13.3. The van der Waals surface area contributed by atoms with E-state index >= 15 is 0 Å². The van der Waals surface area contributed by atoms with E-state index in [1.807, 2.05) is 25.0 Å². The van der Waals surface area contributed by atoms with E-state index in [0.717, 1.165) is 34.9 Å². The van der Waals surface area contributed by atoms with Gasteiger partial charge in [0.25, 0.3) is 0 Å². The van der Waals surface area contributed by atoms with Gasteiger partial charge in [0.2, 0.25) is 0 Å². The number of pyridine rings is 1. The molecule has 27 heavy (non-hydrogen) atoms. The minimum atomic E-state index is 0. The Bertz CT molecular complexity index is 1090. The van der Waals surface area contributed by atoms with Gasteiger partial charge in [0.15, 0.2) is 0 Å². The monoisotopic (exact) mass is 357 g/mol. The average molecular weight is 357 g/mol. The molecule has 0 saturated carbocycles. The Hall–Kier alpha value is -3.51. The van der Waals surface area contributed by atoms with Crippen LogP contribution >= 0.6 is 0 Å². The van der Waals surface area contributed by atoms with Crippen LogP contribution in [-0.2, 0) is 13.1 Å². The third kappa shape index (κ3) is 3.18. The molecule has 0 bridgehead atoms. The molecule has 3 aromatic heterocycles. The van der Waals surface area contributed by atoms with Crippen molar-refractivity contribution in [1.29, 1.82) is 0 Å². The van der Waals surface area contributed by atoms with Crippen LogP contribution in [0, 0.1) is 0 Å². The summed E-state index contributed by atoms with van der Waals surface area (Å²) >= 11 is 0. The first-order valence-corrected chi connectivity index (χ1v) is 8.58. The number of imidazole rings is 2. The second-order valence-corrected chi connectivity index (χ2v) is 6.44. The Labute approximate surface area is 156 Å². The third-order valence-corrected chi connectivity index (χ3v) is 4.66. The van der Waals surface area contributed by atoms with Gasteiger partial charge in [-0.3, -0.25) is 0 Å². The van der Waals surface area contributed by atoms with Gasteiger partial charge in [-0.05, 0) is 17.2 Å². The van der Waals surface area contributed by atoms with Gasteiger partial charge < -0.3 is 14.6 Å². The van der Waals surface area contributed by atoms with Crippen molar-refractivity contribution in [2.75, 3.05) is 0 Å². The van der Waals surface area contributed by atoms with Crippen molar-refractivity contribution in [1.82, 2.24) is 24.1 Å². The van der Waals surface area contributed by atoms with Gasteiger partial charge in [-0.15, -0.1) is 0 Å². The molecule has 0 atom stereocenters. The summed E-state index contributed by atoms with van der Waals surface area (Å²) < 4.78 is 4.14. The maximum atomic E-state index is 5.07. The van der Waals surface area contributed by atoms with E-state index in [2.05, 4.69) is 61.6 Å². The van der Waals surface area contributed by atoms with Crippen molar-refractivity contribution in [3.05, 3.63) is 91.0 Å². The molecule has 6 heteroatoms. The van der Waals surface area contributed by atoms with Crippen molar-refractivity contribution in [3.63, 3.8) is 0 Å². The molecule has 5 aromatic rings. The van der Waals surface area contributed by atoms with E-state index in [1.54, 1.807) is 12.4 Å². The van der Waals surface area contributed by atoms with Crippen molar-refractivity contribution in [3.8, 4) is 0 Å². The summed E-state index contributed by atoms with van der Waals surface area (Å²) in [7, 11) is 0. The molecule has 0 aliphatic heterocycles. The summed E-state index contributed by atoms with van der Waals surface area (Å²) in [6.45, 7) is 1.53. The van der Waals surface area contributed by atoms with E-state index in [1.165, 1.54) is 11.1 Å². The highest BCUT2D eigenvalue weighted by molar-refractivity contribution is 5.95. The predicted octanol–water partition coefficient (Wildman–Crippen LogP) is 3.05. The molecule has 0 aliphatic rings. The zero-order chi connectivity index (χ0) is 17.3. The van der Waals surface area contributed by atoms with Gasteiger partial charge in [-0.25, -0.2) is 15.0 Å². The Morgan fingerprint density at radius 2 is 1.22 bits per heavy atom. The molecule has 0 saturated heterocycles. The van der Waals surface area contributed by atoms with Crippen molar-refractivity contribution in [2.24, 2.45) is 0 Å². The van der Waals surface area contributed by atoms with E-state index in [9.17, 15) is 0 Å². The number of hydrogen-bond donors (Lipinski definition) is 0. The molecular formula is C21H19N5O. The van der Waals surface area contributed by atoms with E-state index in [4.69, 9.17) is 4.98 Å². The quantitative estimate of drug-likeness (QED) is 0.464. The van der Waals surface area contributed by atoms with Crippen LogP contribution in [0.4, 0.5) is 0 Å². The van der Waals surface area contributed by atoms with Crippen molar-refractivity contribution < 1.29 is 5.48 Å². The lowest BCUT2D eigenvalue weighted by Crippen LogP contribution is -2.01. The number of rotatable bonds is 4. The van der Waals surface area contributed by atoms with Crippen LogP contribution in [0.15, 0.2) is 79.9 Å². The number of para-hydroxylation sites is 2. The standard InChI is InChI=1S/C21H17N5.H2O/c1-3-16-11-17-4-2-6-19(13-26-10-8-23-15-26)21(17)24-20(16)18(5-1)12-25-9-7-22-14-25;/h1-11,14-15H,12-13H2;1H2. The molecule has 0 fully saturated rings. The molecule has 0 spiro atoms. The Morgan fingerprint density at radius 1 is 0.704 bits per heavy atom. The molecule has 0 unspecified atom stereocenters. The molecule has 5 rings (SSSR count).